The summed E-state index contributed by atoms with van der Waals surface area (Å²) in [5.41, 5.74) is 0.480. The zero-order valence-corrected chi connectivity index (χ0v) is 8.33. The van der Waals surface area contributed by atoms with E-state index >= 15 is 0 Å². The largest absolute Gasteiger partial charge is 0.345 e. The van der Waals surface area contributed by atoms with E-state index in [2.05, 4.69) is 11.9 Å². The van der Waals surface area contributed by atoms with Gasteiger partial charge in [0.25, 0.3) is 0 Å². The first-order valence-corrected chi connectivity index (χ1v) is 5.12. The Bertz CT molecular complexity index is 197. The number of likely N-dealkylation sites (tertiary alicyclic amines) is 2. The average Bonchev–Trinajstić information content (AvgIpc) is 2.55. The molecule has 2 fully saturated rings. The predicted molar refractivity (Wildman–Crippen MR) is 51.4 cm³/mol. The molecule has 0 aromatic carbocycles. The van der Waals surface area contributed by atoms with Crippen LogP contribution in [0.4, 0.5) is 0 Å². The molecule has 1 amide bonds. The smallest absolute Gasteiger partial charge is 0.209 e. The SMILES string of the molecule is CN1CCC2(CC1)CCN(C=O)C2. The lowest BCUT2D eigenvalue weighted by Crippen LogP contribution is -2.39. The molecular weight excluding hydrogens is 164 g/mol. The molecule has 0 aromatic rings. The van der Waals surface area contributed by atoms with Crippen LogP contribution in [0, 0.1) is 5.41 Å². The van der Waals surface area contributed by atoms with Gasteiger partial charge in [0.2, 0.25) is 6.41 Å². The normalized spacial score (nSPS) is 28.2. The minimum Gasteiger partial charge on any atom is -0.345 e. The first-order chi connectivity index (χ1) is 6.24. The van der Waals surface area contributed by atoms with Gasteiger partial charge in [0.05, 0.1) is 0 Å². The fourth-order valence-corrected chi connectivity index (χ4v) is 2.56. The summed E-state index contributed by atoms with van der Waals surface area (Å²) in [5.74, 6) is 0. The van der Waals surface area contributed by atoms with Crippen LogP contribution in [-0.2, 0) is 4.79 Å². The van der Waals surface area contributed by atoms with E-state index in [1.54, 1.807) is 0 Å². The van der Waals surface area contributed by atoms with E-state index in [1.165, 1.54) is 32.4 Å². The molecular formula is C10H18N2O. The number of carbonyl (C=O) groups excluding carboxylic acids is 1. The maximum atomic E-state index is 10.6. The molecule has 0 unspecified atom stereocenters. The van der Waals surface area contributed by atoms with Crippen LogP contribution in [0.15, 0.2) is 0 Å². The maximum absolute atomic E-state index is 10.6. The fourth-order valence-electron chi connectivity index (χ4n) is 2.56. The lowest BCUT2D eigenvalue weighted by atomic mass is 9.78. The van der Waals surface area contributed by atoms with Crippen molar-refractivity contribution in [3.63, 3.8) is 0 Å². The lowest BCUT2D eigenvalue weighted by molar-refractivity contribution is -0.117. The predicted octanol–water partition coefficient (Wildman–Crippen LogP) is 0.560. The fraction of sp³-hybridized carbons (Fsp3) is 0.900. The molecule has 0 atom stereocenters. The molecule has 2 aliphatic rings. The topological polar surface area (TPSA) is 23.6 Å². The second-order valence-corrected chi connectivity index (χ2v) is 4.63. The second-order valence-electron chi connectivity index (χ2n) is 4.63. The van der Waals surface area contributed by atoms with Gasteiger partial charge in [0.1, 0.15) is 0 Å². The van der Waals surface area contributed by atoms with Crippen molar-refractivity contribution < 1.29 is 4.79 Å². The van der Waals surface area contributed by atoms with Crippen LogP contribution in [0.1, 0.15) is 19.3 Å². The van der Waals surface area contributed by atoms with E-state index in [0.717, 1.165) is 19.5 Å². The molecule has 0 aliphatic carbocycles. The van der Waals surface area contributed by atoms with Crippen molar-refractivity contribution in [3.05, 3.63) is 0 Å². The van der Waals surface area contributed by atoms with E-state index in [9.17, 15) is 4.79 Å². The molecule has 2 heterocycles. The zero-order valence-electron chi connectivity index (χ0n) is 8.33. The molecule has 0 saturated carbocycles. The molecule has 0 N–H and O–H groups in total. The van der Waals surface area contributed by atoms with Gasteiger partial charge in [-0.05, 0) is 44.8 Å². The van der Waals surface area contributed by atoms with Gasteiger partial charge in [0, 0.05) is 13.1 Å². The number of nitrogens with zero attached hydrogens (tertiary/aromatic N) is 2. The summed E-state index contributed by atoms with van der Waals surface area (Å²) in [6, 6.07) is 0. The average molecular weight is 182 g/mol. The Labute approximate surface area is 79.7 Å². The van der Waals surface area contributed by atoms with Crippen LogP contribution >= 0.6 is 0 Å². The van der Waals surface area contributed by atoms with E-state index in [0.29, 0.717) is 5.41 Å². The van der Waals surface area contributed by atoms with Crippen molar-refractivity contribution >= 4 is 6.41 Å². The summed E-state index contributed by atoms with van der Waals surface area (Å²) in [6.45, 7) is 4.39. The highest BCUT2D eigenvalue weighted by Crippen LogP contribution is 2.39. The maximum Gasteiger partial charge on any atom is 0.209 e. The Morgan fingerprint density at radius 3 is 2.31 bits per heavy atom. The van der Waals surface area contributed by atoms with Gasteiger partial charge in [-0.25, -0.2) is 0 Å². The van der Waals surface area contributed by atoms with Crippen molar-refractivity contribution in [1.82, 2.24) is 9.80 Å². The summed E-state index contributed by atoms with van der Waals surface area (Å²) in [4.78, 5) is 14.9. The minimum atomic E-state index is 0.480. The molecule has 0 bridgehead atoms. The first kappa shape index (κ1) is 9.00. The van der Waals surface area contributed by atoms with Crippen molar-refractivity contribution in [2.24, 2.45) is 5.41 Å². The Morgan fingerprint density at radius 2 is 1.77 bits per heavy atom. The second kappa shape index (κ2) is 3.29. The number of piperidine rings is 1. The molecule has 3 nitrogen and oxygen atoms in total. The quantitative estimate of drug-likeness (QED) is 0.553. The summed E-state index contributed by atoms with van der Waals surface area (Å²) in [7, 11) is 2.18. The van der Waals surface area contributed by atoms with Crippen molar-refractivity contribution in [3.8, 4) is 0 Å². The van der Waals surface area contributed by atoms with Crippen LogP contribution in [0.5, 0.6) is 0 Å². The van der Waals surface area contributed by atoms with Gasteiger partial charge in [-0.1, -0.05) is 0 Å². The Kier molecular flexibility index (Phi) is 2.28. The van der Waals surface area contributed by atoms with E-state index in [-0.39, 0.29) is 0 Å². The first-order valence-electron chi connectivity index (χ1n) is 5.12. The van der Waals surface area contributed by atoms with Crippen LogP contribution in [0.3, 0.4) is 0 Å². The van der Waals surface area contributed by atoms with Gasteiger partial charge < -0.3 is 9.80 Å². The molecule has 1 spiro atoms. The molecule has 2 saturated heterocycles. The lowest BCUT2D eigenvalue weighted by Gasteiger charge is -2.37. The summed E-state index contributed by atoms with van der Waals surface area (Å²) in [5, 5.41) is 0. The Balaban J connectivity index is 1.95. The molecule has 3 heteroatoms. The van der Waals surface area contributed by atoms with Gasteiger partial charge in [0.15, 0.2) is 0 Å². The highest BCUT2D eigenvalue weighted by Gasteiger charge is 2.39. The molecule has 13 heavy (non-hydrogen) atoms. The number of rotatable bonds is 1. The van der Waals surface area contributed by atoms with Crippen molar-refractivity contribution in [1.29, 1.82) is 0 Å². The Morgan fingerprint density at radius 1 is 1.15 bits per heavy atom. The third-order valence-corrected chi connectivity index (χ3v) is 3.66. The highest BCUT2D eigenvalue weighted by molar-refractivity contribution is 5.47. The van der Waals surface area contributed by atoms with Crippen molar-refractivity contribution in [2.75, 3.05) is 33.2 Å². The zero-order chi connectivity index (χ0) is 9.31. The third-order valence-electron chi connectivity index (χ3n) is 3.66. The number of amides is 1. The summed E-state index contributed by atoms with van der Waals surface area (Å²) >= 11 is 0. The van der Waals surface area contributed by atoms with Crippen LogP contribution in [0.2, 0.25) is 0 Å². The summed E-state index contributed by atoms with van der Waals surface area (Å²) < 4.78 is 0. The van der Waals surface area contributed by atoms with Crippen LogP contribution < -0.4 is 0 Å². The third kappa shape index (κ3) is 1.70. The standard InChI is InChI=1S/C10H18N2O/c1-11-5-2-10(3-6-11)4-7-12(8-10)9-13/h9H,2-8H2,1H3. The van der Waals surface area contributed by atoms with E-state index in [4.69, 9.17) is 0 Å². The molecule has 0 aromatic heterocycles. The summed E-state index contributed by atoms with van der Waals surface area (Å²) in [6.07, 6.45) is 4.77. The van der Waals surface area contributed by atoms with Gasteiger partial charge in [-0.3, -0.25) is 4.79 Å². The highest BCUT2D eigenvalue weighted by atomic mass is 16.1. The monoisotopic (exact) mass is 182 g/mol. The van der Waals surface area contributed by atoms with Gasteiger partial charge in [-0.2, -0.15) is 0 Å². The minimum absolute atomic E-state index is 0.480. The van der Waals surface area contributed by atoms with Crippen LogP contribution in [0.25, 0.3) is 0 Å². The van der Waals surface area contributed by atoms with Gasteiger partial charge in [-0.15, -0.1) is 0 Å². The molecule has 2 aliphatic heterocycles. The molecule has 2 rings (SSSR count). The Hall–Kier alpha value is -0.570. The van der Waals surface area contributed by atoms with Gasteiger partial charge >= 0.3 is 0 Å². The number of carbonyl (C=O) groups is 1. The number of hydrogen-bond donors (Lipinski definition) is 0. The van der Waals surface area contributed by atoms with Crippen LogP contribution in [-0.4, -0.2) is 49.4 Å². The molecule has 74 valence electrons. The number of hydrogen-bond acceptors (Lipinski definition) is 2. The molecule has 0 radical (unpaired) electrons. The van der Waals surface area contributed by atoms with E-state index in [1.807, 2.05) is 4.90 Å². The van der Waals surface area contributed by atoms with Crippen molar-refractivity contribution in [2.45, 2.75) is 19.3 Å². The van der Waals surface area contributed by atoms with E-state index < -0.39 is 0 Å².